The number of benzene rings is 1. The predicted octanol–water partition coefficient (Wildman–Crippen LogP) is 2.90. The van der Waals surface area contributed by atoms with Gasteiger partial charge in [0.25, 0.3) is 0 Å². The summed E-state index contributed by atoms with van der Waals surface area (Å²) >= 11 is 0. The maximum atomic E-state index is 5.97. The van der Waals surface area contributed by atoms with E-state index < -0.39 is 0 Å². The number of hydrogen-bond donors (Lipinski definition) is 2. The van der Waals surface area contributed by atoms with Crippen LogP contribution in [0.25, 0.3) is 5.70 Å². The average molecular weight is 235 g/mol. The second-order valence-electron chi connectivity index (χ2n) is 3.99. The van der Waals surface area contributed by atoms with Gasteiger partial charge in [-0.05, 0) is 11.5 Å². The second-order valence-corrected chi connectivity index (χ2v) is 3.99. The average Bonchev–Trinajstić information content (AvgIpc) is 2.30. The minimum atomic E-state index is 0.455. The van der Waals surface area contributed by atoms with Crippen molar-refractivity contribution in [3.05, 3.63) is 41.6 Å². The van der Waals surface area contributed by atoms with Crippen molar-refractivity contribution in [2.45, 2.75) is 33.6 Å². The second kappa shape index (κ2) is 7.74. The van der Waals surface area contributed by atoms with Crippen LogP contribution in [0.1, 0.15) is 44.7 Å². The number of rotatable bonds is 3. The number of nitrogens with two attached hydrogens (primary N) is 2. The topological polar surface area (TPSA) is 55.3 Å². The first-order valence-electron chi connectivity index (χ1n) is 6.06. The Hall–Kier alpha value is -1.48. The molecule has 0 aromatic heterocycles. The summed E-state index contributed by atoms with van der Waals surface area (Å²) in [5.74, 6) is 5.99. The van der Waals surface area contributed by atoms with Crippen molar-refractivity contribution in [1.82, 2.24) is 5.01 Å². The molecule has 0 heterocycles. The lowest BCUT2D eigenvalue weighted by Crippen LogP contribution is -2.20. The van der Waals surface area contributed by atoms with E-state index in [4.69, 9.17) is 11.6 Å². The van der Waals surface area contributed by atoms with Crippen LogP contribution in [0.4, 0.5) is 0 Å². The molecule has 17 heavy (non-hydrogen) atoms. The van der Waals surface area contributed by atoms with E-state index in [1.54, 1.807) is 13.2 Å². The van der Waals surface area contributed by atoms with Crippen molar-refractivity contribution < 1.29 is 0 Å². The fourth-order valence-corrected chi connectivity index (χ4v) is 1.55. The zero-order valence-corrected chi connectivity index (χ0v) is 11.6. The molecule has 0 bridgehead atoms. The molecular formula is C14H25N3. The Balaban J connectivity index is 0.00000121. The fourth-order valence-electron chi connectivity index (χ4n) is 1.55. The van der Waals surface area contributed by atoms with E-state index >= 15 is 0 Å². The third kappa shape index (κ3) is 4.91. The molecule has 0 spiro atoms. The summed E-state index contributed by atoms with van der Waals surface area (Å²) < 4.78 is 0. The fraction of sp³-hybridized carbons (Fsp3) is 0.429. The summed E-state index contributed by atoms with van der Waals surface area (Å²) in [5, 5.41) is 1.46. The maximum Gasteiger partial charge on any atom is 0.0567 e. The monoisotopic (exact) mass is 235 g/mol. The van der Waals surface area contributed by atoms with Crippen LogP contribution in [0.5, 0.6) is 0 Å². The lowest BCUT2D eigenvalue weighted by atomic mass is 9.96. The van der Waals surface area contributed by atoms with Crippen LogP contribution in [-0.4, -0.2) is 12.1 Å². The van der Waals surface area contributed by atoms with Gasteiger partial charge in [0.1, 0.15) is 0 Å². The van der Waals surface area contributed by atoms with Crippen molar-refractivity contribution in [2.75, 3.05) is 7.05 Å². The molecule has 1 aromatic rings. The Labute approximate surface area is 105 Å². The molecule has 0 aliphatic rings. The summed E-state index contributed by atoms with van der Waals surface area (Å²) in [6, 6.07) is 8.12. The Kier molecular flexibility index (Phi) is 7.06. The first-order chi connectivity index (χ1) is 8.02. The molecule has 0 aliphatic carbocycles. The van der Waals surface area contributed by atoms with Crippen molar-refractivity contribution in [1.29, 1.82) is 0 Å². The highest BCUT2D eigenvalue weighted by Gasteiger charge is 2.07. The normalized spacial score (nSPS) is 10.9. The van der Waals surface area contributed by atoms with E-state index in [0.29, 0.717) is 11.6 Å². The summed E-state index contributed by atoms with van der Waals surface area (Å²) in [7, 11) is 1.75. The SMILES string of the molecule is CC.CC(C)c1ccccc1/C(N)=C/N(C)N. The Morgan fingerprint density at radius 1 is 1.24 bits per heavy atom. The highest BCUT2D eigenvalue weighted by molar-refractivity contribution is 5.65. The molecule has 0 atom stereocenters. The summed E-state index contributed by atoms with van der Waals surface area (Å²) in [5.41, 5.74) is 8.98. The molecule has 3 nitrogen and oxygen atoms in total. The van der Waals surface area contributed by atoms with Crippen molar-refractivity contribution in [3.63, 3.8) is 0 Å². The van der Waals surface area contributed by atoms with Gasteiger partial charge < -0.3 is 10.7 Å². The minimum absolute atomic E-state index is 0.455. The van der Waals surface area contributed by atoms with Gasteiger partial charge in [-0.25, -0.2) is 5.84 Å². The summed E-state index contributed by atoms with van der Waals surface area (Å²) in [4.78, 5) is 0. The van der Waals surface area contributed by atoms with Crippen LogP contribution in [0, 0.1) is 0 Å². The molecule has 0 amide bonds. The highest BCUT2D eigenvalue weighted by atomic mass is 15.4. The molecule has 0 saturated carbocycles. The van der Waals surface area contributed by atoms with Crippen LogP contribution >= 0.6 is 0 Å². The molecule has 4 N–H and O–H groups in total. The van der Waals surface area contributed by atoms with Crippen LogP contribution in [0.3, 0.4) is 0 Å². The third-order valence-electron chi connectivity index (χ3n) is 2.24. The standard InChI is InChI=1S/C12H19N3.C2H6/c1-9(2)10-6-4-5-7-11(10)12(13)8-15(3)14;1-2/h4-9H,13-14H2,1-3H3;1-2H3/b12-8-;. The van der Waals surface area contributed by atoms with Gasteiger partial charge in [0.05, 0.1) is 5.70 Å². The summed E-state index contributed by atoms with van der Waals surface area (Å²) in [6.07, 6.45) is 1.72. The molecule has 1 aromatic carbocycles. The highest BCUT2D eigenvalue weighted by Crippen LogP contribution is 2.22. The minimum Gasteiger partial charge on any atom is -0.397 e. The largest absolute Gasteiger partial charge is 0.397 e. The molecule has 0 radical (unpaired) electrons. The molecular weight excluding hydrogens is 210 g/mol. The van der Waals surface area contributed by atoms with Crippen molar-refractivity contribution in [2.24, 2.45) is 11.6 Å². The third-order valence-corrected chi connectivity index (χ3v) is 2.24. The van der Waals surface area contributed by atoms with Gasteiger partial charge in [-0.3, -0.25) is 0 Å². The van der Waals surface area contributed by atoms with E-state index in [9.17, 15) is 0 Å². The lowest BCUT2D eigenvalue weighted by molar-refractivity contribution is 0.486. The quantitative estimate of drug-likeness (QED) is 0.625. The smallest absolute Gasteiger partial charge is 0.0567 e. The van der Waals surface area contributed by atoms with Gasteiger partial charge in [-0.2, -0.15) is 0 Å². The van der Waals surface area contributed by atoms with E-state index in [-0.39, 0.29) is 0 Å². The molecule has 96 valence electrons. The molecule has 0 unspecified atom stereocenters. The van der Waals surface area contributed by atoms with Crippen LogP contribution in [0.15, 0.2) is 30.5 Å². The number of nitrogens with zero attached hydrogens (tertiary/aromatic N) is 1. The first-order valence-corrected chi connectivity index (χ1v) is 6.06. The maximum absolute atomic E-state index is 5.97. The zero-order chi connectivity index (χ0) is 13.4. The van der Waals surface area contributed by atoms with Crippen LogP contribution in [-0.2, 0) is 0 Å². The molecule has 0 fully saturated rings. The van der Waals surface area contributed by atoms with Gasteiger partial charge >= 0.3 is 0 Å². The molecule has 0 saturated heterocycles. The predicted molar refractivity (Wildman–Crippen MR) is 76.0 cm³/mol. The lowest BCUT2D eigenvalue weighted by Gasteiger charge is -2.14. The van der Waals surface area contributed by atoms with Gasteiger partial charge in [0, 0.05) is 18.8 Å². The van der Waals surface area contributed by atoms with E-state index in [1.807, 2.05) is 32.0 Å². The van der Waals surface area contributed by atoms with Gasteiger partial charge in [-0.1, -0.05) is 52.0 Å². The Bertz CT molecular complexity index is 354. The van der Waals surface area contributed by atoms with E-state index in [0.717, 1.165) is 5.56 Å². The van der Waals surface area contributed by atoms with Gasteiger partial charge in [-0.15, -0.1) is 0 Å². The van der Waals surface area contributed by atoms with E-state index in [2.05, 4.69) is 19.9 Å². The Morgan fingerprint density at radius 2 is 1.76 bits per heavy atom. The first kappa shape index (κ1) is 15.5. The van der Waals surface area contributed by atoms with Crippen molar-refractivity contribution >= 4 is 5.70 Å². The molecule has 3 heteroatoms. The number of hydrazine groups is 1. The van der Waals surface area contributed by atoms with Gasteiger partial charge in [0.2, 0.25) is 0 Å². The van der Waals surface area contributed by atoms with E-state index in [1.165, 1.54) is 10.6 Å². The Morgan fingerprint density at radius 3 is 2.24 bits per heavy atom. The molecule has 1 rings (SSSR count). The summed E-state index contributed by atoms with van der Waals surface area (Å²) in [6.45, 7) is 8.30. The van der Waals surface area contributed by atoms with Crippen molar-refractivity contribution in [3.8, 4) is 0 Å². The van der Waals surface area contributed by atoms with Gasteiger partial charge in [0.15, 0.2) is 0 Å². The number of hydrogen-bond acceptors (Lipinski definition) is 3. The molecule has 0 aliphatic heterocycles. The van der Waals surface area contributed by atoms with Crippen LogP contribution in [0.2, 0.25) is 0 Å². The zero-order valence-electron chi connectivity index (χ0n) is 11.6. The van der Waals surface area contributed by atoms with Crippen LogP contribution < -0.4 is 11.6 Å².